The topological polar surface area (TPSA) is 76.4 Å². The average Bonchev–Trinajstić information content (AvgIpc) is 3.08. The van der Waals surface area contributed by atoms with Crippen LogP contribution in [-0.2, 0) is 27.5 Å². The van der Waals surface area contributed by atoms with E-state index in [2.05, 4.69) is 4.57 Å². The first-order chi connectivity index (χ1) is 13.8. The number of hydrogen-bond donors (Lipinski definition) is 1. The lowest BCUT2D eigenvalue weighted by molar-refractivity contribution is -0.132. The molecule has 8 heteroatoms. The maximum atomic E-state index is 13.5. The van der Waals surface area contributed by atoms with Crippen molar-refractivity contribution in [3.8, 4) is 0 Å². The Hall–Kier alpha value is -1.76. The summed E-state index contributed by atoms with van der Waals surface area (Å²) < 4.78 is 29.1. The van der Waals surface area contributed by atoms with Gasteiger partial charge in [-0.2, -0.15) is 0 Å². The Kier molecular flexibility index (Phi) is 5.53. The second-order valence-corrected chi connectivity index (χ2v) is 10.2. The number of fused-ring (bicyclic) bond motifs is 1. The van der Waals surface area contributed by atoms with Crippen LogP contribution in [0.5, 0.6) is 0 Å². The van der Waals surface area contributed by atoms with Crippen LogP contribution in [0.25, 0.3) is 0 Å². The largest absolute Gasteiger partial charge is 0.478 e. The van der Waals surface area contributed by atoms with Gasteiger partial charge in [-0.05, 0) is 62.6 Å². The van der Waals surface area contributed by atoms with E-state index in [9.17, 15) is 18.3 Å². The number of nitrogens with zero attached hydrogens (tertiary/aromatic N) is 1. The smallest absolute Gasteiger partial charge is 0.331 e. The van der Waals surface area contributed by atoms with E-state index in [1.807, 2.05) is 0 Å². The summed E-state index contributed by atoms with van der Waals surface area (Å²) in [5.41, 5.74) is 2.31. The lowest BCUT2D eigenvalue weighted by atomic mass is 9.93. The number of carboxylic acids is 1. The third kappa shape index (κ3) is 3.62. The van der Waals surface area contributed by atoms with E-state index < -0.39 is 15.8 Å². The number of aliphatic carboxylic acids is 1. The van der Waals surface area contributed by atoms with E-state index in [0.717, 1.165) is 30.5 Å². The fraction of sp³-hybridized carbons (Fsp3) is 0.381. The first-order valence-corrected chi connectivity index (χ1v) is 11.9. The number of carboxylic acid groups (broad SMARTS) is 1. The van der Waals surface area contributed by atoms with Crippen molar-refractivity contribution >= 4 is 39.0 Å². The summed E-state index contributed by atoms with van der Waals surface area (Å²) in [6.07, 6.45) is 8.65. The molecule has 0 saturated heterocycles. The van der Waals surface area contributed by atoms with E-state index in [-0.39, 0.29) is 25.9 Å². The normalized spacial score (nSPS) is 19.5. The molecule has 1 aromatic carbocycles. The highest BCUT2D eigenvalue weighted by Crippen LogP contribution is 2.40. The molecule has 1 heterocycles. The Balaban J connectivity index is 1.81. The average molecular weight is 454 g/mol. The molecule has 1 atom stereocenters. The highest BCUT2D eigenvalue weighted by molar-refractivity contribution is 7.91. The predicted molar refractivity (Wildman–Crippen MR) is 112 cm³/mol. The number of aromatic nitrogens is 1. The van der Waals surface area contributed by atoms with Crippen LogP contribution in [-0.4, -0.2) is 24.1 Å². The number of sulfone groups is 1. The molecule has 0 aliphatic heterocycles. The molecule has 2 aliphatic rings. The molecular weight excluding hydrogens is 433 g/mol. The molecule has 2 aromatic rings. The van der Waals surface area contributed by atoms with Gasteiger partial charge in [0.05, 0.1) is 14.9 Å². The fourth-order valence-corrected chi connectivity index (χ4v) is 7.07. The summed E-state index contributed by atoms with van der Waals surface area (Å²) in [5.74, 6) is -0.880. The number of allylic oxidation sites excluding steroid dienone is 1. The van der Waals surface area contributed by atoms with Crippen LogP contribution in [0.2, 0.25) is 10.0 Å². The maximum absolute atomic E-state index is 13.5. The standard InChI is InChI=1S/C21H21Cl2NO4S/c22-16-5-3-6-17(23)20(16)29(27,28)19-12-24(18-7-2-1-4-15(18)19)14-10-8-13(9-11-14)21(25)26/h3,5-6,8,12,14H,1-2,4,7,9-11H2,(H,25,26). The Morgan fingerprint density at radius 3 is 2.41 bits per heavy atom. The predicted octanol–water partition coefficient (Wildman–Crippen LogP) is 5.24. The zero-order chi connectivity index (χ0) is 20.8. The number of rotatable bonds is 4. The second-order valence-electron chi connectivity index (χ2n) is 7.55. The number of halogens is 2. The van der Waals surface area contributed by atoms with Crippen molar-refractivity contribution in [1.29, 1.82) is 0 Å². The zero-order valence-corrected chi connectivity index (χ0v) is 18.0. The molecule has 0 amide bonds. The molecule has 0 saturated carbocycles. The molecule has 29 heavy (non-hydrogen) atoms. The minimum Gasteiger partial charge on any atom is -0.478 e. The van der Waals surface area contributed by atoms with E-state index in [4.69, 9.17) is 23.2 Å². The molecule has 4 rings (SSSR count). The number of hydrogen-bond acceptors (Lipinski definition) is 3. The Labute approximate surface area is 179 Å². The summed E-state index contributed by atoms with van der Waals surface area (Å²) >= 11 is 12.4. The van der Waals surface area contributed by atoms with Crippen LogP contribution in [0.1, 0.15) is 49.4 Å². The first-order valence-electron chi connectivity index (χ1n) is 9.64. The van der Waals surface area contributed by atoms with Crippen LogP contribution >= 0.6 is 23.2 Å². The number of benzene rings is 1. The van der Waals surface area contributed by atoms with Crippen LogP contribution in [0, 0.1) is 0 Å². The van der Waals surface area contributed by atoms with Crippen LogP contribution in [0.3, 0.4) is 0 Å². The van der Waals surface area contributed by atoms with Crippen molar-refractivity contribution < 1.29 is 18.3 Å². The zero-order valence-electron chi connectivity index (χ0n) is 15.7. The molecular formula is C21H21Cl2NO4S. The molecule has 0 fully saturated rings. The maximum Gasteiger partial charge on any atom is 0.331 e. The van der Waals surface area contributed by atoms with Crippen molar-refractivity contribution in [3.63, 3.8) is 0 Å². The van der Waals surface area contributed by atoms with Gasteiger partial charge in [0.1, 0.15) is 4.90 Å². The van der Waals surface area contributed by atoms with E-state index >= 15 is 0 Å². The van der Waals surface area contributed by atoms with Gasteiger partial charge in [0, 0.05) is 23.5 Å². The van der Waals surface area contributed by atoms with Crippen LogP contribution in [0.4, 0.5) is 0 Å². The molecule has 1 unspecified atom stereocenters. The summed E-state index contributed by atoms with van der Waals surface area (Å²) in [7, 11) is -3.88. The van der Waals surface area contributed by atoms with Crippen molar-refractivity contribution in [3.05, 3.63) is 57.3 Å². The lowest BCUT2D eigenvalue weighted by Crippen LogP contribution is -2.17. The minimum absolute atomic E-state index is 0.0504. The number of carbonyl (C=O) groups is 1. The van der Waals surface area contributed by atoms with Crippen molar-refractivity contribution in [2.24, 2.45) is 0 Å². The molecule has 1 aromatic heterocycles. The fourth-order valence-electron chi connectivity index (χ4n) is 4.40. The summed E-state index contributed by atoms with van der Waals surface area (Å²) in [6, 6.07) is 4.74. The molecule has 154 valence electrons. The monoisotopic (exact) mass is 453 g/mol. The molecule has 2 aliphatic carbocycles. The van der Waals surface area contributed by atoms with Crippen molar-refractivity contribution in [1.82, 2.24) is 4.57 Å². The molecule has 0 bridgehead atoms. The van der Waals surface area contributed by atoms with Gasteiger partial charge in [-0.15, -0.1) is 0 Å². The van der Waals surface area contributed by atoms with Gasteiger partial charge < -0.3 is 9.67 Å². The van der Waals surface area contributed by atoms with Gasteiger partial charge in [-0.1, -0.05) is 35.3 Å². The summed E-state index contributed by atoms with van der Waals surface area (Å²) in [6.45, 7) is 0. The van der Waals surface area contributed by atoms with Crippen LogP contribution in [0.15, 0.2) is 45.8 Å². The Morgan fingerprint density at radius 2 is 1.79 bits per heavy atom. The van der Waals surface area contributed by atoms with Gasteiger partial charge >= 0.3 is 5.97 Å². The summed E-state index contributed by atoms with van der Waals surface area (Å²) in [5, 5.41) is 9.42. The second kappa shape index (κ2) is 7.82. The van der Waals surface area contributed by atoms with Gasteiger partial charge in [0.2, 0.25) is 9.84 Å². The molecule has 1 N–H and O–H groups in total. The molecule has 0 spiro atoms. The van der Waals surface area contributed by atoms with E-state index in [1.165, 1.54) is 12.1 Å². The van der Waals surface area contributed by atoms with Crippen molar-refractivity contribution in [2.45, 2.75) is 60.8 Å². The Bertz CT molecular complexity index is 1100. The van der Waals surface area contributed by atoms with Crippen LogP contribution < -0.4 is 0 Å². The van der Waals surface area contributed by atoms with Crippen molar-refractivity contribution in [2.75, 3.05) is 0 Å². The third-order valence-electron chi connectivity index (χ3n) is 5.83. The van der Waals surface area contributed by atoms with Gasteiger partial charge in [-0.25, -0.2) is 13.2 Å². The highest BCUT2D eigenvalue weighted by Gasteiger charge is 2.33. The summed E-state index contributed by atoms with van der Waals surface area (Å²) in [4.78, 5) is 11.4. The SMILES string of the molecule is O=C(O)C1=CCC(n2cc(S(=O)(=O)c3c(Cl)cccc3Cl)c3c2CCCC3)CC1. The highest BCUT2D eigenvalue weighted by atomic mass is 35.5. The Morgan fingerprint density at radius 1 is 1.10 bits per heavy atom. The lowest BCUT2D eigenvalue weighted by Gasteiger charge is -2.26. The van der Waals surface area contributed by atoms with Gasteiger partial charge in [-0.3, -0.25) is 0 Å². The van der Waals surface area contributed by atoms with E-state index in [1.54, 1.807) is 18.3 Å². The van der Waals surface area contributed by atoms with E-state index in [0.29, 0.717) is 31.3 Å². The third-order valence-corrected chi connectivity index (χ3v) is 8.59. The quantitative estimate of drug-likeness (QED) is 0.685. The van der Waals surface area contributed by atoms with Gasteiger partial charge in [0.15, 0.2) is 0 Å². The molecule has 5 nitrogen and oxygen atoms in total. The minimum atomic E-state index is -3.88. The van der Waals surface area contributed by atoms with Gasteiger partial charge in [0.25, 0.3) is 0 Å². The first kappa shape index (κ1) is 20.5. The molecule has 0 radical (unpaired) electrons.